The molecule has 0 radical (unpaired) electrons. The number of sulfonamides is 1. The van der Waals surface area contributed by atoms with E-state index in [1.165, 1.54) is 27.9 Å². The van der Waals surface area contributed by atoms with Crippen LogP contribution in [0, 0.1) is 10.1 Å². The van der Waals surface area contributed by atoms with Crippen molar-refractivity contribution < 1.29 is 18.1 Å². The molecular weight excluding hydrogens is 488 g/mol. The first-order chi connectivity index (χ1) is 14.7. The van der Waals surface area contributed by atoms with Gasteiger partial charge in [0.25, 0.3) is 5.69 Å². The van der Waals surface area contributed by atoms with Gasteiger partial charge in [-0.25, -0.2) is 8.42 Å². The Morgan fingerprint density at radius 1 is 1.13 bits per heavy atom. The highest BCUT2D eigenvalue weighted by molar-refractivity contribution is 9.10. The van der Waals surface area contributed by atoms with Crippen molar-refractivity contribution in [3.8, 4) is 0 Å². The van der Waals surface area contributed by atoms with E-state index in [1.54, 1.807) is 6.08 Å². The predicted octanol–water partition coefficient (Wildman–Crippen LogP) is 2.91. The standard InChI is InChI=1S/C20H21BrN4O5S/c21-18-14-17(25(27)28)6-7-19(18)22-20(26)15-23-9-11-24(12-10-23)31(29,30)13-8-16-4-2-1-3-5-16/h1-8,13-14H,9-12,15H2,(H,22,26)/b13-8+. The zero-order valence-electron chi connectivity index (χ0n) is 16.5. The van der Waals surface area contributed by atoms with Crippen LogP contribution in [-0.4, -0.2) is 61.2 Å². The van der Waals surface area contributed by atoms with Gasteiger partial charge in [-0.2, -0.15) is 4.31 Å². The Bertz CT molecular complexity index is 1080. The maximum Gasteiger partial charge on any atom is 0.270 e. The van der Waals surface area contributed by atoms with Gasteiger partial charge in [-0.3, -0.25) is 19.8 Å². The molecule has 0 aromatic heterocycles. The second kappa shape index (κ2) is 10.1. The minimum absolute atomic E-state index is 0.0801. The molecule has 2 aromatic rings. The topological polar surface area (TPSA) is 113 Å². The normalized spacial score (nSPS) is 15.8. The number of carbonyl (C=O) groups excluding carboxylic acids is 1. The fraction of sp³-hybridized carbons (Fsp3) is 0.250. The lowest BCUT2D eigenvalue weighted by atomic mass is 10.2. The molecule has 1 fully saturated rings. The second-order valence-electron chi connectivity index (χ2n) is 6.90. The number of nitro groups is 1. The van der Waals surface area contributed by atoms with Gasteiger partial charge in [0.05, 0.1) is 17.2 Å². The van der Waals surface area contributed by atoms with E-state index in [9.17, 15) is 23.3 Å². The van der Waals surface area contributed by atoms with E-state index < -0.39 is 14.9 Å². The molecule has 1 saturated heterocycles. The molecule has 0 bridgehead atoms. The number of halogens is 1. The van der Waals surface area contributed by atoms with Crippen LogP contribution in [0.25, 0.3) is 6.08 Å². The number of rotatable bonds is 7. The Hall–Kier alpha value is -2.60. The molecule has 1 N–H and O–H groups in total. The van der Waals surface area contributed by atoms with Crippen LogP contribution in [0.4, 0.5) is 11.4 Å². The number of carbonyl (C=O) groups is 1. The highest BCUT2D eigenvalue weighted by atomic mass is 79.9. The first-order valence-electron chi connectivity index (χ1n) is 9.44. The van der Waals surface area contributed by atoms with Crippen LogP contribution in [0.5, 0.6) is 0 Å². The molecule has 0 spiro atoms. The fourth-order valence-electron chi connectivity index (χ4n) is 3.07. The van der Waals surface area contributed by atoms with Gasteiger partial charge in [-0.05, 0) is 33.6 Å². The number of amides is 1. The number of hydrogen-bond donors (Lipinski definition) is 1. The van der Waals surface area contributed by atoms with Crippen molar-refractivity contribution >= 4 is 49.3 Å². The summed E-state index contributed by atoms with van der Waals surface area (Å²) in [5.41, 5.74) is 1.16. The summed E-state index contributed by atoms with van der Waals surface area (Å²) < 4.78 is 26.9. The molecule has 1 amide bonds. The Balaban J connectivity index is 1.51. The quantitative estimate of drug-likeness (QED) is 0.454. The van der Waals surface area contributed by atoms with Gasteiger partial charge in [0.15, 0.2) is 0 Å². The van der Waals surface area contributed by atoms with E-state index in [0.717, 1.165) is 5.56 Å². The Kier molecular flexibility index (Phi) is 7.55. The number of anilines is 1. The molecule has 1 heterocycles. The van der Waals surface area contributed by atoms with Gasteiger partial charge >= 0.3 is 0 Å². The first kappa shape index (κ1) is 23.1. The zero-order valence-corrected chi connectivity index (χ0v) is 18.9. The number of hydrogen-bond acceptors (Lipinski definition) is 6. The van der Waals surface area contributed by atoms with Crippen LogP contribution in [0.15, 0.2) is 58.4 Å². The molecule has 31 heavy (non-hydrogen) atoms. The maximum atomic E-state index is 12.5. The molecule has 1 aliphatic heterocycles. The van der Waals surface area contributed by atoms with Gasteiger partial charge in [-0.15, -0.1) is 0 Å². The van der Waals surface area contributed by atoms with Crippen molar-refractivity contribution in [2.45, 2.75) is 0 Å². The lowest BCUT2D eigenvalue weighted by Crippen LogP contribution is -2.49. The van der Waals surface area contributed by atoms with E-state index in [0.29, 0.717) is 23.2 Å². The average Bonchev–Trinajstić information content (AvgIpc) is 2.75. The zero-order chi connectivity index (χ0) is 22.4. The van der Waals surface area contributed by atoms with Crippen molar-refractivity contribution in [2.24, 2.45) is 0 Å². The van der Waals surface area contributed by atoms with Crippen LogP contribution >= 0.6 is 15.9 Å². The molecule has 3 rings (SSSR count). The summed E-state index contributed by atoms with van der Waals surface area (Å²) in [6, 6.07) is 13.3. The number of benzene rings is 2. The molecular formula is C20H21BrN4O5S. The van der Waals surface area contributed by atoms with Gasteiger partial charge < -0.3 is 5.32 Å². The van der Waals surface area contributed by atoms with Crippen molar-refractivity contribution in [1.29, 1.82) is 0 Å². The third-order valence-corrected chi connectivity index (χ3v) is 6.95. The highest BCUT2D eigenvalue weighted by Gasteiger charge is 2.26. The Morgan fingerprint density at radius 2 is 1.81 bits per heavy atom. The molecule has 164 valence electrons. The molecule has 0 saturated carbocycles. The maximum absolute atomic E-state index is 12.5. The third-order valence-electron chi connectivity index (χ3n) is 4.73. The highest BCUT2D eigenvalue weighted by Crippen LogP contribution is 2.27. The molecule has 11 heteroatoms. The molecule has 9 nitrogen and oxygen atoms in total. The molecule has 0 aliphatic carbocycles. The summed E-state index contributed by atoms with van der Waals surface area (Å²) in [6.07, 6.45) is 1.57. The average molecular weight is 509 g/mol. The van der Waals surface area contributed by atoms with E-state index in [4.69, 9.17) is 0 Å². The van der Waals surface area contributed by atoms with Gasteiger partial charge in [0, 0.05) is 48.2 Å². The van der Waals surface area contributed by atoms with Crippen LogP contribution in [0.2, 0.25) is 0 Å². The SMILES string of the molecule is O=C(CN1CCN(S(=O)(=O)/C=C/c2ccccc2)CC1)Nc1ccc([N+](=O)[O-])cc1Br. The fourth-order valence-corrected chi connectivity index (χ4v) is 4.71. The monoisotopic (exact) mass is 508 g/mol. The third kappa shape index (κ3) is 6.44. The Morgan fingerprint density at radius 3 is 2.42 bits per heavy atom. The minimum atomic E-state index is -3.53. The van der Waals surface area contributed by atoms with Crippen molar-refractivity contribution in [1.82, 2.24) is 9.21 Å². The van der Waals surface area contributed by atoms with Crippen molar-refractivity contribution in [3.63, 3.8) is 0 Å². The molecule has 1 aliphatic rings. The second-order valence-corrected chi connectivity index (χ2v) is 9.58. The summed E-state index contributed by atoms with van der Waals surface area (Å²) in [7, 11) is -3.53. The number of non-ortho nitro benzene ring substituents is 1. The van der Waals surface area contributed by atoms with Gasteiger partial charge in [0.2, 0.25) is 15.9 Å². The summed E-state index contributed by atoms with van der Waals surface area (Å²) in [4.78, 5) is 24.5. The number of nitrogens with one attached hydrogen (secondary N) is 1. The first-order valence-corrected chi connectivity index (χ1v) is 11.7. The molecule has 0 atom stereocenters. The number of nitro benzene ring substituents is 1. The van der Waals surface area contributed by atoms with Crippen molar-refractivity contribution in [2.75, 3.05) is 38.0 Å². The van der Waals surface area contributed by atoms with E-state index in [1.807, 2.05) is 35.2 Å². The molecule has 2 aromatic carbocycles. The summed E-state index contributed by atoms with van der Waals surface area (Å²) in [6.45, 7) is 1.52. The lowest BCUT2D eigenvalue weighted by Gasteiger charge is -2.32. The smallest absolute Gasteiger partial charge is 0.270 e. The summed E-state index contributed by atoms with van der Waals surface area (Å²) in [5, 5.41) is 14.7. The lowest BCUT2D eigenvalue weighted by molar-refractivity contribution is -0.384. The van der Waals surface area contributed by atoms with E-state index in [2.05, 4.69) is 21.2 Å². The number of piperazine rings is 1. The Labute approximate surface area is 188 Å². The van der Waals surface area contributed by atoms with Gasteiger partial charge in [0.1, 0.15) is 0 Å². The minimum Gasteiger partial charge on any atom is -0.324 e. The van der Waals surface area contributed by atoms with Gasteiger partial charge in [-0.1, -0.05) is 30.3 Å². The van der Waals surface area contributed by atoms with Crippen LogP contribution in [-0.2, 0) is 14.8 Å². The summed E-state index contributed by atoms with van der Waals surface area (Å²) in [5.74, 6) is -0.283. The van der Waals surface area contributed by atoms with Crippen LogP contribution < -0.4 is 5.32 Å². The number of nitrogens with zero attached hydrogens (tertiary/aromatic N) is 3. The van der Waals surface area contributed by atoms with Crippen LogP contribution in [0.1, 0.15) is 5.56 Å². The largest absolute Gasteiger partial charge is 0.324 e. The van der Waals surface area contributed by atoms with E-state index in [-0.39, 0.29) is 31.2 Å². The predicted molar refractivity (Wildman–Crippen MR) is 122 cm³/mol. The van der Waals surface area contributed by atoms with Crippen LogP contribution in [0.3, 0.4) is 0 Å². The van der Waals surface area contributed by atoms with Crippen molar-refractivity contribution in [3.05, 3.63) is 74.1 Å². The van der Waals surface area contributed by atoms with E-state index >= 15 is 0 Å². The molecule has 0 unspecified atom stereocenters. The summed E-state index contributed by atoms with van der Waals surface area (Å²) >= 11 is 3.22.